The number of carbonyl (C=O) groups excluding carboxylic acids is 2. The third-order valence-electron chi connectivity index (χ3n) is 4.90. The van der Waals surface area contributed by atoms with Crippen molar-refractivity contribution < 1.29 is 9.59 Å². The molecule has 6 nitrogen and oxygen atoms in total. The summed E-state index contributed by atoms with van der Waals surface area (Å²) in [5.74, 6) is 2.77. The fraction of sp³-hybridized carbons (Fsp3) is 0.706. The minimum absolute atomic E-state index is 0.0500. The van der Waals surface area contributed by atoms with Gasteiger partial charge in [0, 0.05) is 25.1 Å². The third kappa shape index (κ3) is 4.32. The standard InChI is InChI=1S/C17H26N4O2S/c1-21-15(19-16(22)12-5-3-2-4-6-12)11-14(20-21)17(23)18-13-7-9-24-10-8-13/h11-13H,2-10H2,1H3,(H,18,23)(H,19,22). The number of aryl methyl sites for hydroxylation is 1. The van der Waals surface area contributed by atoms with Gasteiger partial charge in [-0.3, -0.25) is 14.3 Å². The zero-order valence-corrected chi connectivity index (χ0v) is 15.0. The van der Waals surface area contributed by atoms with Crippen molar-refractivity contribution in [1.82, 2.24) is 15.1 Å². The van der Waals surface area contributed by atoms with Crippen LogP contribution in [0.4, 0.5) is 5.82 Å². The quantitative estimate of drug-likeness (QED) is 0.875. The Bertz CT molecular complexity index is 589. The van der Waals surface area contributed by atoms with Crippen molar-refractivity contribution in [2.75, 3.05) is 16.8 Å². The molecule has 0 radical (unpaired) electrons. The van der Waals surface area contributed by atoms with E-state index in [4.69, 9.17) is 0 Å². The number of thioether (sulfide) groups is 1. The average Bonchev–Trinajstić information content (AvgIpc) is 2.97. The van der Waals surface area contributed by atoms with Gasteiger partial charge in [-0.15, -0.1) is 0 Å². The van der Waals surface area contributed by atoms with Gasteiger partial charge in [0.25, 0.3) is 5.91 Å². The van der Waals surface area contributed by atoms with Gasteiger partial charge < -0.3 is 10.6 Å². The van der Waals surface area contributed by atoms with Gasteiger partial charge in [0.1, 0.15) is 5.82 Å². The summed E-state index contributed by atoms with van der Waals surface area (Å²) in [4.78, 5) is 24.7. The van der Waals surface area contributed by atoms with E-state index in [0.29, 0.717) is 11.5 Å². The van der Waals surface area contributed by atoms with Gasteiger partial charge in [0.2, 0.25) is 5.91 Å². The third-order valence-corrected chi connectivity index (χ3v) is 5.94. The normalized spacial score (nSPS) is 19.9. The minimum atomic E-state index is -0.152. The van der Waals surface area contributed by atoms with Gasteiger partial charge in [-0.1, -0.05) is 19.3 Å². The molecule has 2 N–H and O–H groups in total. The SMILES string of the molecule is Cn1nc(C(=O)NC2CCSCC2)cc1NC(=O)C1CCCCC1. The van der Waals surface area contributed by atoms with Crippen LogP contribution < -0.4 is 10.6 Å². The van der Waals surface area contributed by atoms with Gasteiger partial charge >= 0.3 is 0 Å². The van der Waals surface area contributed by atoms with Crippen LogP contribution >= 0.6 is 11.8 Å². The molecule has 0 unspecified atom stereocenters. The number of anilines is 1. The number of rotatable bonds is 4. The van der Waals surface area contributed by atoms with Crippen LogP contribution in [0.3, 0.4) is 0 Å². The molecule has 0 bridgehead atoms. The van der Waals surface area contributed by atoms with E-state index in [1.165, 1.54) is 6.42 Å². The van der Waals surface area contributed by atoms with Crippen LogP contribution in [0.25, 0.3) is 0 Å². The number of carbonyl (C=O) groups is 2. The number of nitrogens with one attached hydrogen (secondary N) is 2. The maximum atomic E-state index is 12.4. The average molecular weight is 350 g/mol. The Kier molecular flexibility index (Phi) is 5.81. The van der Waals surface area contributed by atoms with Gasteiger partial charge in [0.15, 0.2) is 5.69 Å². The fourth-order valence-corrected chi connectivity index (χ4v) is 4.50. The van der Waals surface area contributed by atoms with Crippen LogP contribution in [0.1, 0.15) is 55.4 Å². The lowest BCUT2D eigenvalue weighted by molar-refractivity contribution is -0.120. The summed E-state index contributed by atoms with van der Waals surface area (Å²) in [6, 6.07) is 1.91. The molecule has 1 saturated carbocycles. The lowest BCUT2D eigenvalue weighted by atomic mass is 9.89. The number of hydrogen-bond acceptors (Lipinski definition) is 4. The van der Waals surface area contributed by atoms with E-state index < -0.39 is 0 Å². The summed E-state index contributed by atoms with van der Waals surface area (Å²) < 4.78 is 1.58. The number of hydrogen-bond donors (Lipinski definition) is 2. The molecular formula is C17H26N4O2S. The molecule has 2 amide bonds. The van der Waals surface area contributed by atoms with Crippen LogP contribution in [0.5, 0.6) is 0 Å². The second-order valence-electron chi connectivity index (χ2n) is 6.72. The predicted molar refractivity (Wildman–Crippen MR) is 96.2 cm³/mol. The molecule has 132 valence electrons. The lowest BCUT2D eigenvalue weighted by Crippen LogP contribution is -2.37. The van der Waals surface area contributed by atoms with Crippen LogP contribution in [-0.2, 0) is 11.8 Å². The van der Waals surface area contributed by atoms with Crippen LogP contribution in [0.2, 0.25) is 0 Å². The Hall–Kier alpha value is -1.50. The highest BCUT2D eigenvalue weighted by Gasteiger charge is 2.23. The summed E-state index contributed by atoms with van der Waals surface area (Å²) in [6.07, 6.45) is 7.39. The van der Waals surface area contributed by atoms with E-state index in [0.717, 1.165) is 50.0 Å². The lowest BCUT2D eigenvalue weighted by Gasteiger charge is -2.21. The smallest absolute Gasteiger partial charge is 0.272 e. The Morgan fingerprint density at radius 3 is 2.58 bits per heavy atom. The van der Waals surface area contributed by atoms with Crippen LogP contribution in [0.15, 0.2) is 6.07 Å². The van der Waals surface area contributed by atoms with Gasteiger partial charge in [-0.25, -0.2) is 0 Å². The zero-order valence-electron chi connectivity index (χ0n) is 14.2. The Balaban J connectivity index is 1.59. The summed E-state index contributed by atoms with van der Waals surface area (Å²) in [5.41, 5.74) is 0.370. The minimum Gasteiger partial charge on any atom is -0.348 e. The van der Waals surface area contributed by atoms with E-state index in [9.17, 15) is 9.59 Å². The maximum Gasteiger partial charge on any atom is 0.272 e. The first-order valence-corrected chi connectivity index (χ1v) is 10.0. The van der Waals surface area contributed by atoms with Crippen molar-refractivity contribution in [3.63, 3.8) is 0 Å². The monoisotopic (exact) mass is 350 g/mol. The maximum absolute atomic E-state index is 12.4. The molecule has 3 rings (SSSR count). The first-order valence-electron chi connectivity index (χ1n) is 8.87. The van der Waals surface area contributed by atoms with Gasteiger partial charge in [-0.2, -0.15) is 16.9 Å². The molecule has 0 atom stereocenters. The van der Waals surface area contributed by atoms with E-state index in [1.54, 1.807) is 17.8 Å². The van der Waals surface area contributed by atoms with Crippen molar-refractivity contribution in [1.29, 1.82) is 0 Å². The summed E-state index contributed by atoms with van der Waals surface area (Å²) in [7, 11) is 1.75. The molecule has 2 heterocycles. The zero-order chi connectivity index (χ0) is 16.9. The molecule has 7 heteroatoms. The topological polar surface area (TPSA) is 76.0 Å². The van der Waals surface area contributed by atoms with E-state index in [2.05, 4.69) is 15.7 Å². The van der Waals surface area contributed by atoms with Crippen molar-refractivity contribution >= 4 is 29.4 Å². The Morgan fingerprint density at radius 2 is 1.88 bits per heavy atom. The largest absolute Gasteiger partial charge is 0.348 e. The molecule has 1 aliphatic heterocycles. The molecule has 0 aromatic carbocycles. The molecule has 1 aliphatic carbocycles. The summed E-state index contributed by atoms with van der Waals surface area (Å²) in [6.45, 7) is 0. The second kappa shape index (κ2) is 8.05. The summed E-state index contributed by atoms with van der Waals surface area (Å²) >= 11 is 1.93. The highest BCUT2D eigenvalue weighted by atomic mass is 32.2. The highest BCUT2D eigenvalue weighted by Crippen LogP contribution is 2.25. The first kappa shape index (κ1) is 17.3. The molecule has 2 fully saturated rings. The van der Waals surface area contributed by atoms with Crippen molar-refractivity contribution in [3.05, 3.63) is 11.8 Å². The van der Waals surface area contributed by atoms with E-state index >= 15 is 0 Å². The highest BCUT2D eigenvalue weighted by molar-refractivity contribution is 7.99. The predicted octanol–water partition coefficient (Wildman–Crippen LogP) is 2.56. The molecule has 1 aromatic heterocycles. The molecule has 24 heavy (non-hydrogen) atoms. The molecule has 1 saturated heterocycles. The number of nitrogens with zero attached hydrogens (tertiary/aromatic N) is 2. The first-order chi connectivity index (χ1) is 11.6. The van der Waals surface area contributed by atoms with Crippen molar-refractivity contribution in [2.24, 2.45) is 13.0 Å². The van der Waals surface area contributed by atoms with Crippen molar-refractivity contribution in [2.45, 2.75) is 51.0 Å². The summed E-state index contributed by atoms with van der Waals surface area (Å²) in [5, 5.41) is 10.2. The molecule has 1 aromatic rings. The van der Waals surface area contributed by atoms with Crippen LogP contribution in [-0.4, -0.2) is 39.1 Å². The van der Waals surface area contributed by atoms with Crippen molar-refractivity contribution in [3.8, 4) is 0 Å². The van der Waals surface area contributed by atoms with Gasteiger partial charge in [0.05, 0.1) is 0 Å². The fourth-order valence-electron chi connectivity index (χ4n) is 3.39. The van der Waals surface area contributed by atoms with E-state index in [-0.39, 0.29) is 23.8 Å². The van der Waals surface area contributed by atoms with Crippen LogP contribution in [0, 0.1) is 5.92 Å². The second-order valence-corrected chi connectivity index (χ2v) is 7.95. The molecule has 0 spiro atoms. The van der Waals surface area contributed by atoms with E-state index in [1.807, 2.05) is 11.8 Å². The Morgan fingerprint density at radius 1 is 1.17 bits per heavy atom. The Labute approximate surface area is 147 Å². The number of amides is 2. The number of aromatic nitrogens is 2. The molecular weight excluding hydrogens is 324 g/mol. The molecule has 2 aliphatic rings. The van der Waals surface area contributed by atoms with Gasteiger partial charge in [-0.05, 0) is 37.2 Å².